The summed E-state index contributed by atoms with van der Waals surface area (Å²) in [5.41, 5.74) is 3.28. The molecule has 2 aromatic heterocycles. The smallest absolute Gasteiger partial charge is 0.139 e. The standard InChI is InChI=1S/C11H14N2O/c1-8-5-9-6-10(3-4-14)13(2)11(9)12-7-8/h5-7,14H,3-4H2,1-2H3. The zero-order valence-corrected chi connectivity index (χ0v) is 8.49. The summed E-state index contributed by atoms with van der Waals surface area (Å²) in [6, 6.07) is 4.20. The maximum atomic E-state index is 8.89. The number of aliphatic hydroxyl groups is 1. The van der Waals surface area contributed by atoms with Crippen molar-refractivity contribution in [3.63, 3.8) is 0 Å². The van der Waals surface area contributed by atoms with Crippen molar-refractivity contribution < 1.29 is 5.11 Å². The largest absolute Gasteiger partial charge is 0.396 e. The molecule has 0 amide bonds. The average Bonchev–Trinajstić information content (AvgIpc) is 2.44. The van der Waals surface area contributed by atoms with Gasteiger partial charge < -0.3 is 9.67 Å². The fourth-order valence-corrected chi connectivity index (χ4v) is 1.74. The molecule has 0 bridgehead atoms. The van der Waals surface area contributed by atoms with E-state index in [0.717, 1.165) is 16.7 Å². The molecule has 3 heteroatoms. The number of hydrogen-bond acceptors (Lipinski definition) is 2. The Hall–Kier alpha value is -1.35. The van der Waals surface area contributed by atoms with Crippen molar-refractivity contribution in [2.24, 2.45) is 7.05 Å². The molecule has 2 aromatic rings. The summed E-state index contributed by atoms with van der Waals surface area (Å²) in [6.07, 6.45) is 2.55. The molecule has 74 valence electrons. The van der Waals surface area contributed by atoms with Crippen LogP contribution < -0.4 is 0 Å². The van der Waals surface area contributed by atoms with Gasteiger partial charge in [0.2, 0.25) is 0 Å². The zero-order chi connectivity index (χ0) is 10.1. The molecule has 2 rings (SSSR count). The van der Waals surface area contributed by atoms with Crippen molar-refractivity contribution in [1.29, 1.82) is 0 Å². The third kappa shape index (κ3) is 1.40. The minimum absolute atomic E-state index is 0.184. The van der Waals surface area contributed by atoms with Gasteiger partial charge in [0.15, 0.2) is 0 Å². The van der Waals surface area contributed by atoms with Crippen LogP contribution in [0, 0.1) is 6.92 Å². The van der Waals surface area contributed by atoms with E-state index in [9.17, 15) is 0 Å². The molecule has 14 heavy (non-hydrogen) atoms. The zero-order valence-electron chi connectivity index (χ0n) is 8.49. The van der Waals surface area contributed by atoms with Gasteiger partial charge in [-0.25, -0.2) is 4.98 Å². The van der Waals surface area contributed by atoms with Crippen molar-refractivity contribution >= 4 is 11.0 Å². The van der Waals surface area contributed by atoms with Crippen molar-refractivity contribution in [3.8, 4) is 0 Å². The molecular formula is C11H14N2O. The van der Waals surface area contributed by atoms with Gasteiger partial charge >= 0.3 is 0 Å². The summed E-state index contributed by atoms with van der Waals surface area (Å²) < 4.78 is 2.03. The second-order valence-corrected chi connectivity index (χ2v) is 3.59. The molecule has 0 atom stereocenters. The van der Waals surface area contributed by atoms with Gasteiger partial charge in [0.05, 0.1) is 0 Å². The molecule has 0 saturated heterocycles. The van der Waals surface area contributed by atoms with Gasteiger partial charge in [0.25, 0.3) is 0 Å². The second kappa shape index (κ2) is 3.42. The normalized spacial score (nSPS) is 11.1. The Morgan fingerprint density at radius 2 is 2.21 bits per heavy atom. The monoisotopic (exact) mass is 190 g/mol. The van der Waals surface area contributed by atoms with Gasteiger partial charge in [0, 0.05) is 37.4 Å². The predicted molar refractivity (Wildman–Crippen MR) is 56.2 cm³/mol. The molecule has 1 N–H and O–H groups in total. The van der Waals surface area contributed by atoms with Crippen LogP contribution in [0.4, 0.5) is 0 Å². The lowest BCUT2D eigenvalue weighted by Gasteiger charge is -2.00. The maximum absolute atomic E-state index is 8.89. The highest BCUT2D eigenvalue weighted by Crippen LogP contribution is 2.17. The minimum atomic E-state index is 0.184. The van der Waals surface area contributed by atoms with Gasteiger partial charge in [0.1, 0.15) is 5.65 Å². The van der Waals surface area contributed by atoms with Crippen LogP contribution in [0.15, 0.2) is 18.3 Å². The number of rotatable bonds is 2. The molecule has 0 aliphatic rings. The molecule has 3 nitrogen and oxygen atoms in total. The number of hydrogen-bond donors (Lipinski definition) is 1. The summed E-state index contributed by atoms with van der Waals surface area (Å²) in [5.74, 6) is 0. The van der Waals surface area contributed by atoms with E-state index in [4.69, 9.17) is 5.11 Å². The van der Waals surface area contributed by atoms with Crippen LogP contribution in [0.3, 0.4) is 0 Å². The Bertz CT molecular complexity index is 460. The molecule has 0 unspecified atom stereocenters. The van der Waals surface area contributed by atoms with E-state index in [0.29, 0.717) is 6.42 Å². The van der Waals surface area contributed by atoms with Crippen molar-refractivity contribution in [2.75, 3.05) is 6.61 Å². The van der Waals surface area contributed by atoms with Gasteiger partial charge in [-0.1, -0.05) is 0 Å². The number of aromatic nitrogens is 2. The summed E-state index contributed by atoms with van der Waals surface area (Å²) in [7, 11) is 1.98. The third-order valence-electron chi connectivity index (χ3n) is 2.47. The Kier molecular flexibility index (Phi) is 2.25. The van der Waals surface area contributed by atoms with Gasteiger partial charge in [-0.3, -0.25) is 0 Å². The first-order chi connectivity index (χ1) is 6.72. The van der Waals surface area contributed by atoms with Crippen molar-refractivity contribution in [3.05, 3.63) is 29.6 Å². The first-order valence-corrected chi connectivity index (χ1v) is 4.74. The molecule has 0 fully saturated rings. The second-order valence-electron chi connectivity index (χ2n) is 3.59. The van der Waals surface area contributed by atoms with Crippen molar-refractivity contribution in [2.45, 2.75) is 13.3 Å². The van der Waals surface area contributed by atoms with E-state index in [1.165, 1.54) is 5.56 Å². The SMILES string of the molecule is Cc1cnc2c(c1)cc(CCO)n2C. The Morgan fingerprint density at radius 3 is 2.93 bits per heavy atom. The van der Waals surface area contributed by atoms with Gasteiger partial charge in [-0.2, -0.15) is 0 Å². The van der Waals surface area contributed by atoms with Crippen LogP contribution >= 0.6 is 0 Å². The quantitative estimate of drug-likeness (QED) is 0.777. The minimum Gasteiger partial charge on any atom is -0.396 e. The summed E-state index contributed by atoms with van der Waals surface area (Å²) in [4.78, 5) is 4.36. The van der Waals surface area contributed by atoms with Crippen molar-refractivity contribution in [1.82, 2.24) is 9.55 Å². The van der Waals surface area contributed by atoms with Crippen LogP contribution in [0.5, 0.6) is 0 Å². The Labute approximate surface area is 83.0 Å². The number of fused-ring (bicyclic) bond motifs is 1. The number of nitrogens with zero attached hydrogens (tertiary/aromatic N) is 2. The molecule has 0 saturated carbocycles. The first-order valence-electron chi connectivity index (χ1n) is 4.74. The fraction of sp³-hybridized carbons (Fsp3) is 0.364. The van der Waals surface area contributed by atoms with E-state index < -0.39 is 0 Å². The highest BCUT2D eigenvalue weighted by atomic mass is 16.3. The highest BCUT2D eigenvalue weighted by Gasteiger charge is 2.05. The number of aliphatic hydroxyl groups excluding tert-OH is 1. The fourth-order valence-electron chi connectivity index (χ4n) is 1.74. The topological polar surface area (TPSA) is 38.1 Å². The van der Waals surface area contributed by atoms with Crippen LogP contribution in [0.1, 0.15) is 11.3 Å². The third-order valence-corrected chi connectivity index (χ3v) is 2.47. The molecule has 2 heterocycles. The van der Waals surface area contributed by atoms with Crippen LogP contribution in [-0.2, 0) is 13.5 Å². The lowest BCUT2D eigenvalue weighted by atomic mass is 10.2. The molecule has 0 spiro atoms. The molecule has 0 aliphatic heterocycles. The Morgan fingerprint density at radius 1 is 1.43 bits per heavy atom. The lowest BCUT2D eigenvalue weighted by Crippen LogP contribution is -1.99. The molecular weight excluding hydrogens is 176 g/mol. The van der Waals surface area contributed by atoms with Gasteiger partial charge in [-0.05, 0) is 24.6 Å². The Balaban J connectivity index is 2.61. The lowest BCUT2D eigenvalue weighted by molar-refractivity contribution is 0.297. The van der Waals surface area contributed by atoms with Crippen LogP contribution in [-0.4, -0.2) is 21.3 Å². The highest BCUT2D eigenvalue weighted by molar-refractivity contribution is 5.77. The van der Waals surface area contributed by atoms with E-state index in [1.54, 1.807) is 0 Å². The molecule has 0 aromatic carbocycles. The summed E-state index contributed by atoms with van der Waals surface area (Å²) >= 11 is 0. The number of pyridine rings is 1. The van der Waals surface area contributed by atoms with E-state index in [1.807, 2.05) is 24.7 Å². The van der Waals surface area contributed by atoms with Crippen LogP contribution in [0.2, 0.25) is 0 Å². The maximum Gasteiger partial charge on any atom is 0.139 e. The van der Waals surface area contributed by atoms with Gasteiger partial charge in [-0.15, -0.1) is 0 Å². The average molecular weight is 190 g/mol. The number of aryl methyl sites for hydroxylation is 2. The predicted octanol–water partition coefficient (Wildman–Crippen LogP) is 1.42. The van der Waals surface area contributed by atoms with E-state index >= 15 is 0 Å². The summed E-state index contributed by atoms with van der Waals surface area (Å²) in [5, 5.41) is 10.0. The first kappa shape index (κ1) is 9.21. The summed E-state index contributed by atoms with van der Waals surface area (Å²) in [6.45, 7) is 2.22. The van der Waals surface area contributed by atoms with E-state index in [-0.39, 0.29) is 6.61 Å². The molecule has 0 radical (unpaired) electrons. The van der Waals surface area contributed by atoms with E-state index in [2.05, 4.69) is 17.1 Å². The van der Waals surface area contributed by atoms with Crippen LogP contribution in [0.25, 0.3) is 11.0 Å². The molecule has 0 aliphatic carbocycles.